The summed E-state index contributed by atoms with van der Waals surface area (Å²) in [6, 6.07) is 6.47. The number of nitrogens with zero attached hydrogens (tertiary/aromatic N) is 1. The maximum absolute atomic E-state index is 11.8. The van der Waals surface area contributed by atoms with Gasteiger partial charge < -0.3 is 15.8 Å². The molecule has 0 fully saturated rings. The fraction of sp³-hybridized carbons (Fsp3) is 0.143. The molecule has 7 heteroatoms. The van der Waals surface area contributed by atoms with Gasteiger partial charge in [0.05, 0.1) is 28.6 Å². The highest BCUT2D eigenvalue weighted by molar-refractivity contribution is 6.36. The first-order valence-electron chi connectivity index (χ1n) is 6.16. The molecule has 3 N–H and O–H groups in total. The normalized spacial score (nSPS) is 10.2. The van der Waals surface area contributed by atoms with Crippen LogP contribution >= 0.6 is 23.2 Å². The zero-order valence-corrected chi connectivity index (χ0v) is 12.7. The SMILES string of the molecule is CCOC(=O)c1ccnc(Nc2ccc(Cl)cc2Cl)c1N. The fourth-order valence-electron chi connectivity index (χ4n) is 1.68. The second-order valence-electron chi connectivity index (χ2n) is 4.09. The van der Waals surface area contributed by atoms with Crippen molar-refractivity contribution in [2.75, 3.05) is 17.7 Å². The van der Waals surface area contributed by atoms with Gasteiger partial charge in [-0.25, -0.2) is 9.78 Å². The summed E-state index contributed by atoms with van der Waals surface area (Å²) < 4.78 is 4.94. The van der Waals surface area contributed by atoms with E-state index in [4.69, 9.17) is 33.7 Å². The highest BCUT2D eigenvalue weighted by Crippen LogP contribution is 2.30. The van der Waals surface area contributed by atoms with Gasteiger partial charge in [-0.1, -0.05) is 23.2 Å². The number of nitrogens with one attached hydrogen (secondary N) is 1. The highest BCUT2D eigenvalue weighted by Gasteiger charge is 2.15. The van der Waals surface area contributed by atoms with Crippen LogP contribution in [0.4, 0.5) is 17.2 Å². The van der Waals surface area contributed by atoms with Gasteiger partial charge in [0.25, 0.3) is 0 Å². The van der Waals surface area contributed by atoms with Gasteiger partial charge in [-0.3, -0.25) is 0 Å². The van der Waals surface area contributed by atoms with Crippen LogP contribution in [0.15, 0.2) is 30.5 Å². The first kappa shape index (κ1) is 15.4. The third-order valence-electron chi connectivity index (χ3n) is 2.67. The van der Waals surface area contributed by atoms with E-state index in [2.05, 4.69) is 10.3 Å². The van der Waals surface area contributed by atoms with Crippen LogP contribution < -0.4 is 11.1 Å². The summed E-state index contributed by atoms with van der Waals surface area (Å²) >= 11 is 11.9. The summed E-state index contributed by atoms with van der Waals surface area (Å²) in [5, 5.41) is 3.91. The molecule has 0 saturated carbocycles. The second kappa shape index (κ2) is 6.65. The molecule has 0 saturated heterocycles. The molecule has 1 aromatic carbocycles. The van der Waals surface area contributed by atoms with Gasteiger partial charge in [-0.05, 0) is 31.2 Å². The lowest BCUT2D eigenvalue weighted by Gasteiger charge is -2.12. The van der Waals surface area contributed by atoms with E-state index in [1.165, 1.54) is 12.3 Å². The fourth-order valence-corrected chi connectivity index (χ4v) is 2.13. The molecule has 0 amide bonds. The molecule has 0 spiro atoms. The van der Waals surface area contributed by atoms with Gasteiger partial charge in [-0.2, -0.15) is 0 Å². The van der Waals surface area contributed by atoms with Crippen molar-refractivity contribution >= 4 is 46.4 Å². The van der Waals surface area contributed by atoms with Gasteiger partial charge in [0.2, 0.25) is 0 Å². The Kier molecular flexibility index (Phi) is 4.88. The standard InChI is InChI=1S/C14H13Cl2N3O2/c1-2-21-14(20)9-5-6-18-13(12(9)17)19-11-4-3-8(15)7-10(11)16/h3-7H,2,17H2,1H3,(H,18,19). The lowest BCUT2D eigenvalue weighted by molar-refractivity contribution is 0.0527. The molecule has 21 heavy (non-hydrogen) atoms. The number of benzene rings is 1. The van der Waals surface area contributed by atoms with Crippen LogP contribution in [-0.4, -0.2) is 17.6 Å². The molecule has 0 aliphatic heterocycles. The van der Waals surface area contributed by atoms with Crippen molar-refractivity contribution in [3.8, 4) is 0 Å². The number of carbonyl (C=O) groups excluding carboxylic acids is 1. The lowest BCUT2D eigenvalue weighted by Crippen LogP contribution is -2.10. The molecule has 0 bridgehead atoms. The number of pyridine rings is 1. The molecule has 1 heterocycles. The second-order valence-corrected chi connectivity index (χ2v) is 4.93. The zero-order valence-electron chi connectivity index (χ0n) is 11.2. The summed E-state index contributed by atoms with van der Waals surface area (Å²) in [7, 11) is 0. The number of hydrogen-bond donors (Lipinski definition) is 2. The van der Waals surface area contributed by atoms with Gasteiger partial charge >= 0.3 is 5.97 Å². The number of carbonyl (C=O) groups is 1. The van der Waals surface area contributed by atoms with E-state index in [9.17, 15) is 4.79 Å². The van der Waals surface area contributed by atoms with Crippen LogP contribution in [0.25, 0.3) is 0 Å². The third kappa shape index (κ3) is 3.56. The Bertz CT molecular complexity index is 677. The number of aromatic nitrogens is 1. The summed E-state index contributed by atoms with van der Waals surface area (Å²) in [5.41, 5.74) is 6.98. The van der Waals surface area contributed by atoms with E-state index in [0.717, 1.165) is 0 Å². The predicted molar refractivity (Wildman–Crippen MR) is 84.4 cm³/mol. The number of esters is 1. The van der Waals surface area contributed by atoms with E-state index >= 15 is 0 Å². The number of ether oxygens (including phenoxy) is 1. The summed E-state index contributed by atoms with van der Waals surface area (Å²) in [6.07, 6.45) is 1.47. The highest BCUT2D eigenvalue weighted by atomic mass is 35.5. The van der Waals surface area contributed by atoms with Crippen LogP contribution in [0.2, 0.25) is 10.0 Å². The molecule has 0 unspecified atom stereocenters. The van der Waals surface area contributed by atoms with Crippen LogP contribution in [0.1, 0.15) is 17.3 Å². The van der Waals surface area contributed by atoms with Crippen molar-refractivity contribution in [3.63, 3.8) is 0 Å². The molecular weight excluding hydrogens is 313 g/mol. The number of nitrogens with two attached hydrogens (primary N) is 1. The molecule has 0 aliphatic carbocycles. The Morgan fingerprint density at radius 3 is 2.81 bits per heavy atom. The average Bonchev–Trinajstić information content (AvgIpc) is 2.44. The lowest BCUT2D eigenvalue weighted by atomic mass is 10.2. The van der Waals surface area contributed by atoms with Crippen molar-refractivity contribution in [2.24, 2.45) is 0 Å². The number of rotatable bonds is 4. The molecule has 0 atom stereocenters. The van der Waals surface area contributed by atoms with Crippen molar-refractivity contribution in [1.82, 2.24) is 4.98 Å². The van der Waals surface area contributed by atoms with Crippen molar-refractivity contribution in [1.29, 1.82) is 0 Å². The maximum Gasteiger partial charge on any atom is 0.340 e. The number of hydrogen-bond acceptors (Lipinski definition) is 5. The Labute approximate surface area is 132 Å². The van der Waals surface area contributed by atoms with Crippen LogP contribution in [0.5, 0.6) is 0 Å². The van der Waals surface area contributed by atoms with E-state index in [-0.39, 0.29) is 17.9 Å². The molecular formula is C14H13Cl2N3O2. The Morgan fingerprint density at radius 1 is 1.38 bits per heavy atom. The number of nitrogen functional groups attached to an aromatic ring is 1. The van der Waals surface area contributed by atoms with Crippen molar-refractivity contribution < 1.29 is 9.53 Å². The van der Waals surface area contributed by atoms with E-state index in [1.54, 1.807) is 25.1 Å². The first-order valence-corrected chi connectivity index (χ1v) is 6.92. The molecule has 0 radical (unpaired) electrons. The Morgan fingerprint density at radius 2 is 2.14 bits per heavy atom. The molecule has 5 nitrogen and oxygen atoms in total. The zero-order chi connectivity index (χ0) is 15.4. The smallest absolute Gasteiger partial charge is 0.340 e. The average molecular weight is 326 g/mol. The summed E-state index contributed by atoms with van der Waals surface area (Å²) in [4.78, 5) is 15.9. The van der Waals surface area contributed by atoms with E-state index < -0.39 is 5.97 Å². The van der Waals surface area contributed by atoms with E-state index in [1.807, 2.05) is 0 Å². The van der Waals surface area contributed by atoms with Crippen LogP contribution in [-0.2, 0) is 4.74 Å². The van der Waals surface area contributed by atoms with Crippen LogP contribution in [0.3, 0.4) is 0 Å². The number of halogens is 2. The quantitative estimate of drug-likeness (QED) is 0.834. The minimum atomic E-state index is -0.498. The van der Waals surface area contributed by atoms with Crippen LogP contribution in [0, 0.1) is 0 Å². The van der Waals surface area contributed by atoms with Gasteiger partial charge in [-0.15, -0.1) is 0 Å². The third-order valence-corrected chi connectivity index (χ3v) is 3.22. The number of anilines is 3. The molecule has 2 aromatic rings. The summed E-state index contributed by atoms with van der Waals surface area (Å²) in [5.74, 6) is -0.174. The summed E-state index contributed by atoms with van der Waals surface area (Å²) in [6.45, 7) is 1.99. The van der Waals surface area contributed by atoms with Crippen molar-refractivity contribution in [2.45, 2.75) is 6.92 Å². The molecule has 1 aromatic heterocycles. The Hall–Kier alpha value is -1.98. The van der Waals surface area contributed by atoms with Gasteiger partial charge in [0.15, 0.2) is 5.82 Å². The van der Waals surface area contributed by atoms with Gasteiger partial charge in [0.1, 0.15) is 0 Å². The predicted octanol–water partition coefficient (Wildman–Crippen LogP) is 3.89. The topological polar surface area (TPSA) is 77.2 Å². The minimum Gasteiger partial charge on any atom is -0.462 e. The largest absolute Gasteiger partial charge is 0.462 e. The maximum atomic E-state index is 11.8. The first-order chi connectivity index (χ1) is 10.0. The van der Waals surface area contributed by atoms with E-state index in [0.29, 0.717) is 21.6 Å². The molecule has 2 rings (SSSR count). The monoisotopic (exact) mass is 325 g/mol. The Balaban J connectivity index is 2.32. The van der Waals surface area contributed by atoms with Crippen molar-refractivity contribution in [3.05, 3.63) is 46.1 Å². The molecule has 110 valence electrons. The van der Waals surface area contributed by atoms with Gasteiger partial charge in [0, 0.05) is 11.2 Å². The molecule has 0 aliphatic rings. The minimum absolute atomic E-state index is 0.196.